The summed E-state index contributed by atoms with van der Waals surface area (Å²) in [6.45, 7) is 0.521. The first-order valence-corrected chi connectivity index (χ1v) is 11.1. The molecule has 0 unspecified atom stereocenters. The van der Waals surface area contributed by atoms with Gasteiger partial charge in [-0.3, -0.25) is 4.79 Å². The number of rotatable bonds is 8. The summed E-state index contributed by atoms with van der Waals surface area (Å²) in [5.41, 5.74) is 1.48. The number of aromatic nitrogens is 3. The van der Waals surface area contributed by atoms with E-state index in [1.54, 1.807) is 18.4 Å². The minimum absolute atomic E-state index is 0.185. The Balaban J connectivity index is 1.25. The number of anilines is 2. The number of benzene rings is 1. The van der Waals surface area contributed by atoms with E-state index < -0.39 is 0 Å². The first-order chi connectivity index (χ1) is 14.2. The molecule has 29 heavy (non-hydrogen) atoms. The molecule has 11 heteroatoms. The summed E-state index contributed by atoms with van der Waals surface area (Å²) >= 11 is 3.99. The van der Waals surface area contributed by atoms with Crippen molar-refractivity contribution in [3.63, 3.8) is 0 Å². The molecule has 1 aromatic carbocycles. The first-order valence-electron chi connectivity index (χ1n) is 8.39. The van der Waals surface area contributed by atoms with Crippen molar-refractivity contribution in [2.24, 2.45) is 0 Å². The molecule has 0 saturated carbocycles. The van der Waals surface area contributed by atoms with E-state index in [1.807, 2.05) is 17.5 Å². The van der Waals surface area contributed by atoms with E-state index in [-0.39, 0.29) is 17.5 Å². The molecule has 4 rings (SSSR count). The van der Waals surface area contributed by atoms with E-state index >= 15 is 0 Å². The number of nitrogens with zero attached hydrogens (tertiary/aromatic N) is 3. The van der Waals surface area contributed by atoms with Gasteiger partial charge in [0.1, 0.15) is 11.6 Å². The molecule has 3 aromatic heterocycles. The van der Waals surface area contributed by atoms with Gasteiger partial charge in [0.2, 0.25) is 11.0 Å². The van der Waals surface area contributed by atoms with Crippen LogP contribution in [0.5, 0.6) is 0 Å². The molecule has 1 amide bonds. The minimum atomic E-state index is -0.300. The molecule has 2 N–H and O–H groups in total. The monoisotopic (exact) mass is 447 g/mol. The van der Waals surface area contributed by atoms with Crippen LogP contribution < -0.4 is 10.6 Å². The highest BCUT2D eigenvalue weighted by Crippen LogP contribution is 2.27. The molecule has 0 aliphatic heterocycles. The second-order valence-corrected chi connectivity index (χ2v) is 8.75. The van der Waals surface area contributed by atoms with Gasteiger partial charge in [0.15, 0.2) is 9.47 Å². The lowest BCUT2D eigenvalue weighted by Crippen LogP contribution is -2.13. The molecule has 3 heterocycles. The highest BCUT2D eigenvalue weighted by Gasteiger charge is 2.11. The van der Waals surface area contributed by atoms with Gasteiger partial charge in [0.05, 0.1) is 24.3 Å². The van der Waals surface area contributed by atoms with Gasteiger partial charge < -0.3 is 15.1 Å². The maximum atomic E-state index is 13.0. The van der Waals surface area contributed by atoms with Crippen molar-refractivity contribution in [1.29, 1.82) is 0 Å². The predicted molar refractivity (Wildman–Crippen MR) is 113 cm³/mol. The fourth-order valence-electron chi connectivity index (χ4n) is 2.28. The summed E-state index contributed by atoms with van der Waals surface area (Å²) < 4.78 is 19.0. The average Bonchev–Trinajstić information content (AvgIpc) is 3.47. The standard InChI is InChI=1S/C18H14FN5O2S3/c19-12-5-3-11(4-6-12)14-9-27-17(21-14)22-15(25)10-28-18-24-23-16(29-18)20-8-13-2-1-7-26-13/h1-7,9H,8,10H2,(H,20,23)(H,21,22,25). The van der Waals surface area contributed by atoms with Crippen LogP contribution in [0, 0.1) is 5.82 Å². The molecule has 0 bridgehead atoms. The Morgan fingerprint density at radius 3 is 2.83 bits per heavy atom. The van der Waals surface area contributed by atoms with E-state index in [1.165, 1.54) is 46.6 Å². The zero-order chi connectivity index (χ0) is 20.1. The number of hydrogen-bond acceptors (Lipinski definition) is 9. The van der Waals surface area contributed by atoms with E-state index in [0.717, 1.165) is 11.3 Å². The molecule has 148 valence electrons. The van der Waals surface area contributed by atoms with Crippen molar-refractivity contribution in [2.45, 2.75) is 10.9 Å². The van der Waals surface area contributed by atoms with Gasteiger partial charge in [-0.25, -0.2) is 9.37 Å². The third-order valence-electron chi connectivity index (χ3n) is 3.62. The van der Waals surface area contributed by atoms with E-state index in [2.05, 4.69) is 25.8 Å². The van der Waals surface area contributed by atoms with Crippen LogP contribution in [0.25, 0.3) is 11.3 Å². The largest absolute Gasteiger partial charge is 0.467 e. The van der Waals surface area contributed by atoms with Crippen LogP contribution in [-0.4, -0.2) is 26.8 Å². The maximum absolute atomic E-state index is 13.0. The molecule has 0 aliphatic rings. The predicted octanol–water partition coefficient (Wildman–Crippen LogP) is 4.74. The SMILES string of the molecule is O=C(CSc1nnc(NCc2ccco2)s1)Nc1nc(-c2ccc(F)cc2)cs1. The third kappa shape index (κ3) is 5.40. The van der Waals surface area contributed by atoms with Crippen molar-refractivity contribution in [3.05, 3.63) is 59.6 Å². The van der Waals surface area contributed by atoms with E-state index in [9.17, 15) is 9.18 Å². The van der Waals surface area contributed by atoms with Gasteiger partial charge in [0, 0.05) is 10.9 Å². The topological polar surface area (TPSA) is 92.9 Å². The number of thiazole rings is 1. The van der Waals surface area contributed by atoms with Crippen LogP contribution >= 0.6 is 34.4 Å². The summed E-state index contributed by atoms with van der Waals surface area (Å²) in [6, 6.07) is 9.75. The first kappa shape index (κ1) is 19.6. The zero-order valence-electron chi connectivity index (χ0n) is 14.8. The summed E-state index contributed by atoms with van der Waals surface area (Å²) in [5, 5.41) is 17.0. The molecule has 0 aliphatic carbocycles. The second-order valence-electron chi connectivity index (χ2n) is 5.69. The molecule has 0 fully saturated rings. The fourth-order valence-corrected chi connectivity index (χ4v) is 4.57. The molecule has 4 aromatic rings. The molecule has 0 radical (unpaired) electrons. The summed E-state index contributed by atoms with van der Waals surface area (Å²) in [7, 11) is 0. The molecule has 0 atom stereocenters. The Morgan fingerprint density at radius 2 is 2.03 bits per heavy atom. The van der Waals surface area contributed by atoms with Crippen molar-refractivity contribution < 1.29 is 13.6 Å². The summed E-state index contributed by atoms with van der Waals surface area (Å²) in [4.78, 5) is 16.5. The average molecular weight is 448 g/mol. The maximum Gasteiger partial charge on any atom is 0.236 e. The number of amides is 1. The zero-order valence-corrected chi connectivity index (χ0v) is 17.2. The smallest absolute Gasteiger partial charge is 0.236 e. The van der Waals surface area contributed by atoms with Gasteiger partial charge >= 0.3 is 0 Å². The van der Waals surface area contributed by atoms with Crippen LogP contribution in [0.4, 0.5) is 14.7 Å². The Kier molecular flexibility index (Phi) is 6.17. The van der Waals surface area contributed by atoms with Crippen LogP contribution in [0.3, 0.4) is 0 Å². The number of furan rings is 1. The second kappa shape index (κ2) is 9.16. The van der Waals surface area contributed by atoms with E-state index in [4.69, 9.17) is 4.42 Å². The summed E-state index contributed by atoms with van der Waals surface area (Å²) in [5.74, 6) is 0.510. The number of halogens is 1. The Labute approximate surface area is 177 Å². The Morgan fingerprint density at radius 1 is 1.17 bits per heavy atom. The molecular weight excluding hydrogens is 433 g/mol. The number of carbonyl (C=O) groups is 1. The van der Waals surface area contributed by atoms with Gasteiger partial charge in [-0.15, -0.1) is 21.5 Å². The number of thioether (sulfide) groups is 1. The minimum Gasteiger partial charge on any atom is -0.467 e. The number of carbonyl (C=O) groups excluding carboxylic acids is 1. The van der Waals surface area contributed by atoms with Gasteiger partial charge in [-0.05, 0) is 36.4 Å². The third-order valence-corrected chi connectivity index (χ3v) is 6.39. The fraction of sp³-hybridized carbons (Fsp3) is 0.111. The van der Waals surface area contributed by atoms with Crippen molar-refractivity contribution in [2.75, 3.05) is 16.4 Å². The highest BCUT2D eigenvalue weighted by atomic mass is 32.2. The molecule has 7 nitrogen and oxygen atoms in total. The quantitative estimate of drug-likeness (QED) is 0.377. The molecule has 0 spiro atoms. The number of nitrogens with one attached hydrogen (secondary N) is 2. The lowest BCUT2D eigenvalue weighted by molar-refractivity contribution is -0.113. The number of hydrogen-bond donors (Lipinski definition) is 2. The molecular formula is C18H14FN5O2S3. The van der Waals surface area contributed by atoms with E-state index in [0.29, 0.717) is 26.8 Å². The van der Waals surface area contributed by atoms with Crippen molar-refractivity contribution >= 4 is 50.6 Å². The van der Waals surface area contributed by atoms with Crippen LogP contribution in [0.15, 0.2) is 56.8 Å². The molecule has 0 saturated heterocycles. The van der Waals surface area contributed by atoms with Gasteiger partial charge in [-0.2, -0.15) is 0 Å². The lowest BCUT2D eigenvalue weighted by atomic mass is 10.2. The van der Waals surface area contributed by atoms with Gasteiger partial charge in [0.25, 0.3) is 0 Å². The lowest BCUT2D eigenvalue weighted by Gasteiger charge is -2.00. The van der Waals surface area contributed by atoms with Gasteiger partial charge in [-0.1, -0.05) is 23.1 Å². The van der Waals surface area contributed by atoms with Crippen LogP contribution in [0.1, 0.15) is 5.76 Å². The van der Waals surface area contributed by atoms with Crippen LogP contribution in [-0.2, 0) is 11.3 Å². The Hall–Kier alpha value is -2.76. The Bertz CT molecular complexity index is 1080. The van der Waals surface area contributed by atoms with Crippen molar-refractivity contribution in [1.82, 2.24) is 15.2 Å². The van der Waals surface area contributed by atoms with Crippen LogP contribution in [0.2, 0.25) is 0 Å². The normalized spacial score (nSPS) is 10.8. The summed E-state index contributed by atoms with van der Waals surface area (Å²) in [6.07, 6.45) is 1.61. The highest BCUT2D eigenvalue weighted by molar-refractivity contribution is 8.01. The van der Waals surface area contributed by atoms with Crippen molar-refractivity contribution in [3.8, 4) is 11.3 Å².